The maximum atomic E-state index is 13.1. The van der Waals surface area contributed by atoms with E-state index in [4.69, 9.17) is 0 Å². The van der Waals surface area contributed by atoms with Gasteiger partial charge in [-0.3, -0.25) is 14.5 Å². The van der Waals surface area contributed by atoms with E-state index >= 15 is 0 Å². The van der Waals surface area contributed by atoms with Crippen LogP contribution in [-0.4, -0.2) is 43.7 Å². The van der Waals surface area contributed by atoms with E-state index in [1.54, 1.807) is 25.1 Å². The van der Waals surface area contributed by atoms with Gasteiger partial charge in [0.1, 0.15) is 6.04 Å². The lowest BCUT2D eigenvalue weighted by Crippen LogP contribution is -2.47. The number of anilines is 1. The van der Waals surface area contributed by atoms with Crippen LogP contribution in [-0.2, 0) is 39.0 Å². The minimum atomic E-state index is -3.59. The number of rotatable bonds is 7. The van der Waals surface area contributed by atoms with Crippen LogP contribution in [0.3, 0.4) is 0 Å². The second kappa shape index (κ2) is 10.3. The van der Waals surface area contributed by atoms with Crippen molar-refractivity contribution >= 4 is 27.5 Å². The molecule has 34 heavy (non-hydrogen) atoms. The molecule has 2 amide bonds. The highest BCUT2D eigenvalue weighted by Gasteiger charge is 2.38. The first-order chi connectivity index (χ1) is 16.3. The summed E-state index contributed by atoms with van der Waals surface area (Å²) in [5.74, 6) is -0.393. The van der Waals surface area contributed by atoms with Crippen molar-refractivity contribution in [3.8, 4) is 0 Å². The molecule has 0 bridgehead atoms. The summed E-state index contributed by atoms with van der Waals surface area (Å²) in [6.07, 6.45) is 4.29. The van der Waals surface area contributed by atoms with Crippen LogP contribution in [0.4, 0.5) is 5.69 Å². The first-order valence-corrected chi connectivity index (χ1v) is 13.6. The number of fused-ring (bicyclic) bond motifs is 1. The number of benzene rings is 2. The smallest absolute Gasteiger partial charge is 0.243 e. The van der Waals surface area contributed by atoms with Crippen LogP contribution in [0.5, 0.6) is 0 Å². The van der Waals surface area contributed by atoms with Gasteiger partial charge in [-0.05, 0) is 54.2 Å². The number of aryl methyl sites for hydroxylation is 1. The Hall–Kier alpha value is -2.71. The van der Waals surface area contributed by atoms with Crippen molar-refractivity contribution in [1.29, 1.82) is 0 Å². The summed E-state index contributed by atoms with van der Waals surface area (Å²) in [7, 11) is -3.59. The highest BCUT2D eigenvalue weighted by atomic mass is 32.2. The van der Waals surface area contributed by atoms with Crippen LogP contribution in [0.25, 0.3) is 0 Å². The molecule has 1 N–H and O–H groups in total. The molecule has 0 aliphatic carbocycles. The van der Waals surface area contributed by atoms with E-state index in [0.717, 1.165) is 31.2 Å². The normalized spacial score (nSPS) is 18.5. The van der Waals surface area contributed by atoms with Gasteiger partial charge in [-0.25, -0.2) is 8.42 Å². The quantitative estimate of drug-likeness (QED) is 0.654. The number of amides is 2. The molecule has 2 aliphatic rings. The molecule has 2 aromatic carbocycles. The molecule has 0 radical (unpaired) electrons. The van der Waals surface area contributed by atoms with Gasteiger partial charge in [0, 0.05) is 38.2 Å². The Morgan fingerprint density at radius 2 is 1.65 bits per heavy atom. The number of carbonyl (C=O) groups is 2. The van der Waals surface area contributed by atoms with E-state index in [1.807, 2.05) is 24.3 Å². The molecule has 7 nitrogen and oxygen atoms in total. The molecule has 1 fully saturated rings. The fraction of sp³-hybridized carbons (Fsp3) is 0.462. The Balaban J connectivity index is 1.54. The fourth-order valence-electron chi connectivity index (χ4n) is 4.73. The average molecular weight is 484 g/mol. The van der Waals surface area contributed by atoms with Crippen molar-refractivity contribution in [3.05, 3.63) is 59.2 Å². The van der Waals surface area contributed by atoms with Crippen molar-refractivity contribution in [2.75, 3.05) is 18.0 Å². The lowest BCUT2D eigenvalue weighted by molar-refractivity contribution is -0.126. The Labute approximate surface area is 202 Å². The predicted molar refractivity (Wildman–Crippen MR) is 132 cm³/mol. The first-order valence-electron chi connectivity index (χ1n) is 12.2. The lowest BCUT2D eigenvalue weighted by Gasteiger charge is -2.26. The maximum Gasteiger partial charge on any atom is 0.243 e. The Morgan fingerprint density at radius 3 is 2.29 bits per heavy atom. The SMILES string of the molecule is CCC(=O)N1c2ccc(S(=O)(=O)N3CCCCC3)cc2C[C@@H]1C(=O)NCc1ccc(CC)cc1. The van der Waals surface area contributed by atoms with E-state index in [2.05, 4.69) is 12.2 Å². The highest BCUT2D eigenvalue weighted by Crippen LogP contribution is 2.35. The second-order valence-electron chi connectivity index (χ2n) is 8.98. The van der Waals surface area contributed by atoms with Gasteiger partial charge in [0.25, 0.3) is 0 Å². The summed E-state index contributed by atoms with van der Waals surface area (Å²) in [5, 5.41) is 2.96. The number of nitrogens with one attached hydrogen (secondary N) is 1. The third-order valence-electron chi connectivity index (χ3n) is 6.76. The number of nitrogens with zero attached hydrogens (tertiary/aromatic N) is 2. The molecule has 2 heterocycles. The second-order valence-corrected chi connectivity index (χ2v) is 10.9. The van der Waals surface area contributed by atoms with Crippen LogP contribution < -0.4 is 10.2 Å². The average Bonchev–Trinajstić information content (AvgIpc) is 3.26. The number of piperidine rings is 1. The molecule has 0 aromatic heterocycles. The molecular formula is C26H33N3O4S. The monoisotopic (exact) mass is 483 g/mol. The summed E-state index contributed by atoms with van der Waals surface area (Å²) >= 11 is 0. The van der Waals surface area contributed by atoms with Crippen molar-refractivity contribution in [1.82, 2.24) is 9.62 Å². The van der Waals surface area contributed by atoms with E-state index in [1.165, 1.54) is 14.8 Å². The van der Waals surface area contributed by atoms with Gasteiger partial charge in [0.15, 0.2) is 0 Å². The predicted octanol–water partition coefficient (Wildman–Crippen LogP) is 3.41. The largest absolute Gasteiger partial charge is 0.350 e. The molecule has 4 rings (SSSR count). The standard InChI is InChI=1S/C26H33N3O4S/c1-3-19-8-10-20(11-9-19)18-27-26(31)24-17-21-16-22(12-13-23(21)29(24)25(30)4-2)34(32,33)28-14-6-5-7-15-28/h8-13,16,24H,3-7,14-15,17-18H2,1-2H3,(H,27,31)/t24-/m1/s1. The molecule has 2 aliphatic heterocycles. The molecule has 0 spiro atoms. The van der Waals surface area contributed by atoms with Gasteiger partial charge in [-0.2, -0.15) is 4.31 Å². The van der Waals surface area contributed by atoms with Gasteiger partial charge >= 0.3 is 0 Å². The van der Waals surface area contributed by atoms with Crippen LogP contribution >= 0.6 is 0 Å². The summed E-state index contributed by atoms with van der Waals surface area (Å²) in [4.78, 5) is 27.7. The molecule has 0 unspecified atom stereocenters. The van der Waals surface area contributed by atoms with E-state index in [0.29, 0.717) is 37.3 Å². The summed E-state index contributed by atoms with van der Waals surface area (Å²) in [6.45, 7) is 5.30. The number of hydrogen-bond acceptors (Lipinski definition) is 4. The molecule has 0 saturated carbocycles. The van der Waals surface area contributed by atoms with Gasteiger partial charge in [0.05, 0.1) is 4.90 Å². The first kappa shape index (κ1) is 24.4. The highest BCUT2D eigenvalue weighted by molar-refractivity contribution is 7.89. The third kappa shape index (κ3) is 4.88. The Kier molecular flexibility index (Phi) is 7.38. The van der Waals surface area contributed by atoms with Crippen LogP contribution in [0.1, 0.15) is 56.2 Å². The fourth-order valence-corrected chi connectivity index (χ4v) is 6.30. The van der Waals surface area contributed by atoms with E-state index in [-0.39, 0.29) is 23.1 Å². The van der Waals surface area contributed by atoms with Gasteiger partial charge in [-0.15, -0.1) is 0 Å². The van der Waals surface area contributed by atoms with Gasteiger partial charge in [0.2, 0.25) is 21.8 Å². The minimum Gasteiger partial charge on any atom is -0.350 e. The lowest BCUT2D eigenvalue weighted by atomic mass is 10.1. The van der Waals surface area contributed by atoms with E-state index in [9.17, 15) is 18.0 Å². The van der Waals surface area contributed by atoms with Crippen molar-refractivity contribution < 1.29 is 18.0 Å². The minimum absolute atomic E-state index is 0.155. The zero-order chi connectivity index (χ0) is 24.3. The molecule has 2 aromatic rings. The van der Waals surface area contributed by atoms with E-state index < -0.39 is 16.1 Å². The molecule has 1 atom stereocenters. The van der Waals surface area contributed by atoms with Crippen LogP contribution in [0.2, 0.25) is 0 Å². The van der Waals surface area contributed by atoms with Gasteiger partial charge in [-0.1, -0.05) is 44.5 Å². The summed E-state index contributed by atoms with van der Waals surface area (Å²) in [5.41, 5.74) is 3.56. The summed E-state index contributed by atoms with van der Waals surface area (Å²) in [6, 6.07) is 12.3. The summed E-state index contributed by atoms with van der Waals surface area (Å²) < 4.78 is 27.8. The zero-order valence-electron chi connectivity index (χ0n) is 19.9. The van der Waals surface area contributed by atoms with Crippen LogP contribution in [0.15, 0.2) is 47.4 Å². The Bertz CT molecular complexity index is 1160. The zero-order valence-corrected chi connectivity index (χ0v) is 20.7. The van der Waals surface area contributed by atoms with Crippen molar-refractivity contribution in [2.24, 2.45) is 0 Å². The molecule has 8 heteroatoms. The van der Waals surface area contributed by atoms with Crippen molar-refractivity contribution in [2.45, 2.75) is 69.9 Å². The number of sulfonamides is 1. The molecule has 182 valence electrons. The third-order valence-corrected chi connectivity index (χ3v) is 8.65. The van der Waals surface area contributed by atoms with Gasteiger partial charge < -0.3 is 5.32 Å². The van der Waals surface area contributed by atoms with Crippen molar-refractivity contribution in [3.63, 3.8) is 0 Å². The topological polar surface area (TPSA) is 86.8 Å². The Morgan fingerprint density at radius 1 is 0.971 bits per heavy atom. The molecule has 1 saturated heterocycles. The number of carbonyl (C=O) groups excluding carboxylic acids is 2. The van der Waals surface area contributed by atoms with Crippen LogP contribution in [0, 0.1) is 0 Å². The molecular weight excluding hydrogens is 450 g/mol. The maximum absolute atomic E-state index is 13.1. The number of hydrogen-bond donors (Lipinski definition) is 1.